The fourth-order valence-electron chi connectivity index (χ4n) is 0.285. The Labute approximate surface area is 56.9 Å². The molecule has 9 heavy (non-hydrogen) atoms. The maximum absolute atomic E-state index is 10.1. The standard InChI is InChI=1S/C6H12O2.CH4/c1-4(2)5(3)6(7)8;/h4-5H,1-3H3,(H,7,8);1H4/t5-;/m0./s1. The van der Waals surface area contributed by atoms with Crippen molar-refractivity contribution in [1.82, 2.24) is 0 Å². The molecular formula is C7H16O2. The summed E-state index contributed by atoms with van der Waals surface area (Å²) in [5, 5.41) is 8.35. The minimum absolute atomic E-state index is 0. The van der Waals surface area contributed by atoms with Crippen molar-refractivity contribution in [1.29, 1.82) is 0 Å². The van der Waals surface area contributed by atoms with E-state index in [0.29, 0.717) is 0 Å². The summed E-state index contributed by atoms with van der Waals surface area (Å²) in [6.07, 6.45) is 0. The van der Waals surface area contributed by atoms with Crippen LogP contribution in [0.1, 0.15) is 28.2 Å². The van der Waals surface area contributed by atoms with Gasteiger partial charge in [-0.05, 0) is 5.92 Å². The van der Waals surface area contributed by atoms with E-state index in [0.717, 1.165) is 0 Å². The van der Waals surface area contributed by atoms with Crippen LogP contribution in [0.15, 0.2) is 0 Å². The third kappa shape index (κ3) is 4.01. The fraction of sp³-hybridized carbons (Fsp3) is 0.857. The lowest BCUT2D eigenvalue weighted by Gasteiger charge is -2.07. The van der Waals surface area contributed by atoms with Gasteiger partial charge < -0.3 is 5.11 Å². The Morgan fingerprint density at radius 2 is 1.67 bits per heavy atom. The van der Waals surface area contributed by atoms with Crippen LogP contribution in [0.2, 0.25) is 0 Å². The van der Waals surface area contributed by atoms with Gasteiger partial charge in [0, 0.05) is 0 Å². The highest BCUT2D eigenvalue weighted by Crippen LogP contribution is 2.08. The smallest absolute Gasteiger partial charge is 0.306 e. The fourth-order valence-corrected chi connectivity index (χ4v) is 0.285. The van der Waals surface area contributed by atoms with Gasteiger partial charge in [0.25, 0.3) is 0 Å². The van der Waals surface area contributed by atoms with Gasteiger partial charge in [-0.25, -0.2) is 0 Å². The second-order valence-corrected chi connectivity index (χ2v) is 2.37. The molecule has 0 aromatic carbocycles. The molecule has 1 atom stereocenters. The third-order valence-corrected chi connectivity index (χ3v) is 1.39. The number of aliphatic carboxylic acids is 1. The maximum atomic E-state index is 10.1. The highest BCUT2D eigenvalue weighted by atomic mass is 16.4. The molecule has 0 saturated carbocycles. The Kier molecular flexibility index (Phi) is 5.47. The van der Waals surface area contributed by atoms with Crippen LogP contribution in [-0.2, 0) is 4.79 Å². The molecule has 0 unspecified atom stereocenters. The van der Waals surface area contributed by atoms with E-state index in [4.69, 9.17) is 5.11 Å². The summed E-state index contributed by atoms with van der Waals surface area (Å²) >= 11 is 0. The van der Waals surface area contributed by atoms with E-state index < -0.39 is 5.97 Å². The zero-order chi connectivity index (χ0) is 6.73. The van der Waals surface area contributed by atoms with Crippen molar-refractivity contribution in [3.8, 4) is 0 Å². The lowest BCUT2D eigenvalue weighted by molar-refractivity contribution is -0.142. The first kappa shape index (κ1) is 11.3. The van der Waals surface area contributed by atoms with Gasteiger partial charge in [0.15, 0.2) is 0 Å². The molecule has 0 bridgehead atoms. The lowest BCUT2D eigenvalue weighted by atomic mass is 9.99. The molecule has 0 rings (SSSR count). The largest absolute Gasteiger partial charge is 0.481 e. The highest BCUT2D eigenvalue weighted by Gasteiger charge is 2.13. The summed E-state index contributed by atoms with van der Waals surface area (Å²) in [7, 11) is 0. The molecule has 0 aliphatic rings. The summed E-state index contributed by atoms with van der Waals surface area (Å²) in [6, 6.07) is 0. The summed E-state index contributed by atoms with van der Waals surface area (Å²) in [6.45, 7) is 5.52. The van der Waals surface area contributed by atoms with Crippen molar-refractivity contribution < 1.29 is 9.90 Å². The van der Waals surface area contributed by atoms with Gasteiger partial charge in [0.2, 0.25) is 0 Å². The third-order valence-electron chi connectivity index (χ3n) is 1.39. The van der Waals surface area contributed by atoms with Crippen molar-refractivity contribution in [3.63, 3.8) is 0 Å². The van der Waals surface area contributed by atoms with E-state index in [9.17, 15) is 4.79 Å². The first-order valence-corrected chi connectivity index (χ1v) is 2.78. The number of hydrogen-bond donors (Lipinski definition) is 1. The molecule has 56 valence electrons. The highest BCUT2D eigenvalue weighted by molar-refractivity contribution is 5.69. The zero-order valence-corrected chi connectivity index (χ0v) is 5.51. The van der Waals surface area contributed by atoms with Gasteiger partial charge in [-0.2, -0.15) is 0 Å². The second kappa shape index (κ2) is 4.36. The molecule has 0 aromatic rings. The quantitative estimate of drug-likeness (QED) is 0.624. The molecule has 0 aromatic heterocycles. The lowest BCUT2D eigenvalue weighted by Crippen LogP contribution is -2.15. The van der Waals surface area contributed by atoms with E-state index in [2.05, 4.69) is 0 Å². The number of carboxylic acid groups (broad SMARTS) is 1. The van der Waals surface area contributed by atoms with E-state index >= 15 is 0 Å². The van der Waals surface area contributed by atoms with Crippen LogP contribution in [0.3, 0.4) is 0 Å². The monoisotopic (exact) mass is 132 g/mol. The molecule has 0 spiro atoms. The molecule has 0 heterocycles. The molecular weight excluding hydrogens is 116 g/mol. The zero-order valence-electron chi connectivity index (χ0n) is 5.51. The molecule has 0 amide bonds. The van der Waals surface area contributed by atoms with Gasteiger partial charge in [0.05, 0.1) is 5.92 Å². The molecule has 2 nitrogen and oxygen atoms in total. The van der Waals surface area contributed by atoms with Crippen LogP contribution in [0.4, 0.5) is 0 Å². The van der Waals surface area contributed by atoms with Crippen molar-refractivity contribution >= 4 is 5.97 Å². The molecule has 2 heteroatoms. The molecule has 0 radical (unpaired) electrons. The molecule has 0 aliphatic carbocycles. The van der Waals surface area contributed by atoms with Gasteiger partial charge >= 0.3 is 5.97 Å². The number of rotatable bonds is 2. The molecule has 0 aliphatic heterocycles. The summed E-state index contributed by atoms with van der Waals surface area (Å²) in [5.41, 5.74) is 0. The van der Waals surface area contributed by atoms with Crippen molar-refractivity contribution in [2.75, 3.05) is 0 Å². The minimum atomic E-state index is -0.708. The van der Waals surface area contributed by atoms with Gasteiger partial charge in [0.1, 0.15) is 0 Å². The first-order chi connectivity index (χ1) is 3.55. The van der Waals surface area contributed by atoms with Gasteiger partial charge in [-0.3, -0.25) is 4.79 Å². The normalized spacial score (nSPS) is 12.4. The topological polar surface area (TPSA) is 37.3 Å². The number of carboxylic acids is 1. The summed E-state index contributed by atoms with van der Waals surface area (Å²) in [4.78, 5) is 10.1. The van der Waals surface area contributed by atoms with Crippen molar-refractivity contribution in [2.45, 2.75) is 28.2 Å². The van der Waals surface area contributed by atoms with E-state index in [1.807, 2.05) is 13.8 Å². The Hall–Kier alpha value is -0.530. The first-order valence-electron chi connectivity index (χ1n) is 2.78. The van der Waals surface area contributed by atoms with Gasteiger partial charge in [-0.15, -0.1) is 0 Å². The van der Waals surface area contributed by atoms with E-state index in [1.54, 1.807) is 6.92 Å². The van der Waals surface area contributed by atoms with Crippen LogP contribution < -0.4 is 0 Å². The molecule has 0 saturated heterocycles. The number of hydrogen-bond acceptors (Lipinski definition) is 1. The van der Waals surface area contributed by atoms with Crippen LogP contribution >= 0.6 is 0 Å². The minimum Gasteiger partial charge on any atom is -0.481 e. The predicted molar refractivity (Wildman–Crippen MR) is 38.4 cm³/mol. The second-order valence-electron chi connectivity index (χ2n) is 2.37. The van der Waals surface area contributed by atoms with Crippen LogP contribution in [0, 0.1) is 11.8 Å². The van der Waals surface area contributed by atoms with Crippen LogP contribution in [-0.4, -0.2) is 11.1 Å². The maximum Gasteiger partial charge on any atom is 0.306 e. The Balaban J connectivity index is 0. The average molecular weight is 132 g/mol. The summed E-state index contributed by atoms with van der Waals surface area (Å²) < 4.78 is 0. The summed E-state index contributed by atoms with van der Waals surface area (Å²) in [5.74, 6) is -0.678. The Bertz CT molecular complexity index is 86.9. The van der Waals surface area contributed by atoms with Gasteiger partial charge in [-0.1, -0.05) is 28.2 Å². The van der Waals surface area contributed by atoms with Crippen molar-refractivity contribution in [2.24, 2.45) is 11.8 Å². The Morgan fingerprint density at radius 1 is 1.33 bits per heavy atom. The van der Waals surface area contributed by atoms with E-state index in [1.165, 1.54) is 0 Å². The SMILES string of the molecule is C.CC(C)[C@H](C)C(=O)O. The van der Waals surface area contributed by atoms with Crippen LogP contribution in [0.25, 0.3) is 0 Å². The van der Waals surface area contributed by atoms with E-state index in [-0.39, 0.29) is 19.3 Å². The predicted octanol–water partition coefficient (Wildman–Crippen LogP) is 2.00. The Morgan fingerprint density at radius 3 is 1.67 bits per heavy atom. The van der Waals surface area contributed by atoms with Crippen molar-refractivity contribution in [3.05, 3.63) is 0 Å². The number of carbonyl (C=O) groups is 1. The molecule has 0 fully saturated rings. The average Bonchev–Trinajstić information content (AvgIpc) is 1.64. The molecule has 1 N–H and O–H groups in total. The van der Waals surface area contributed by atoms with Crippen LogP contribution in [0.5, 0.6) is 0 Å².